The second-order valence-electron chi connectivity index (χ2n) is 5.01. The average molecular weight is 409 g/mol. The van der Waals surface area contributed by atoms with E-state index in [0.29, 0.717) is 18.7 Å². The summed E-state index contributed by atoms with van der Waals surface area (Å²) < 4.78 is 0.898. The molecule has 1 aromatic carbocycles. The van der Waals surface area contributed by atoms with Crippen molar-refractivity contribution >= 4 is 46.0 Å². The second-order valence-corrected chi connectivity index (χ2v) is 6.44. The summed E-state index contributed by atoms with van der Waals surface area (Å²) in [6.07, 6.45) is 0. The highest BCUT2D eigenvalue weighted by atomic mass is 127. The maximum Gasteiger partial charge on any atom is 0.252 e. The first-order valence-corrected chi connectivity index (χ1v) is 7.87. The lowest BCUT2D eigenvalue weighted by molar-refractivity contribution is -0.128. The van der Waals surface area contributed by atoms with Crippen molar-refractivity contribution in [1.82, 2.24) is 10.6 Å². The van der Waals surface area contributed by atoms with Crippen molar-refractivity contribution in [3.05, 3.63) is 33.4 Å². The van der Waals surface area contributed by atoms with E-state index in [1.165, 1.54) is 0 Å². The second kappa shape index (κ2) is 7.83. The molecule has 4 nitrogen and oxygen atoms in total. The lowest BCUT2D eigenvalue weighted by Crippen LogP contribution is -2.42. The zero-order chi connectivity index (χ0) is 15.2. The third-order valence-electron chi connectivity index (χ3n) is 2.76. The van der Waals surface area contributed by atoms with Gasteiger partial charge in [-0.05, 0) is 48.6 Å². The minimum absolute atomic E-state index is 0.115. The van der Waals surface area contributed by atoms with Crippen LogP contribution in [0.1, 0.15) is 24.2 Å². The predicted octanol–water partition coefficient (Wildman–Crippen LogP) is 2.40. The van der Waals surface area contributed by atoms with Crippen molar-refractivity contribution in [2.75, 3.05) is 19.0 Å². The first-order chi connectivity index (χ1) is 9.38. The van der Waals surface area contributed by atoms with E-state index in [9.17, 15) is 9.59 Å². The molecule has 0 atom stereocenters. The fourth-order valence-corrected chi connectivity index (χ4v) is 2.15. The summed E-state index contributed by atoms with van der Waals surface area (Å²) in [4.78, 5) is 23.7. The third kappa shape index (κ3) is 4.94. The Morgan fingerprint density at radius 3 is 2.40 bits per heavy atom. The number of carbonyl (C=O) groups excluding carboxylic acids is 2. The fourth-order valence-electron chi connectivity index (χ4n) is 1.39. The number of rotatable bonds is 6. The van der Waals surface area contributed by atoms with Gasteiger partial charge in [-0.3, -0.25) is 9.59 Å². The van der Waals surface area contributed by atoms with E-state index in [0.717, 1.165) is 3.57 Å². The van der Waals surface area contributed by atoms with Gasteiger partial charge >= 0.3 is 0 Å². The number of nitrogens with one attached hydrogen (secondary N) is 2. The van der Waals surface area contributed by atoms with Gasteiger partial charge in [-0.2, -0.15) is 0 Å². The molecule has 0 saturated carbocycles. The van der Waals surface area contributed by atoms with Crippen LogP contribution in [0.5, 0.6) is 0 Å². The van der Waals surface area contributed by atoms with Gasteiger partial charge in [-0.25, -0.2) is 0 Å². The monoisotopic (exact) mass is 408 g/mol. The largest absolute Gasteiger partial charge is 0.354 e. The number of amides is 2. The van der Waals surface area contributed by atoms with E-state index < -0.39 is 5.41 Å². The number of benzene rings is 1. The molecular formula is C14H18ClIN2O2. The Morgan fingerprint density at radius 1 is 1.20 bits per heavy atom. The molecule has 0 radical (unpaired) electrons. The number of halogens is 2. The molecule has 0 spiro atoms. The maximum absolute atomic E-state index is 11.9. The molecule has 6 heteroatoms. The highest BCUT2D eigenvalue weighted by Gasteiger charge is 2.25. The van der Waals surface area contributed by atoms with Crippen molar-refractivity contribution in [2.24, 2.45) is 5.41 Å². The number of hydrogen-bond acceptors (Lipinski definition) is 2. The first kappa shape index (κ1) is 17.2. The Morgan fingerprint density at radius 2 is 1.80 bits per heavy atom. The topological polar surface area (TPSA) is 58.2 Å². The Balaban J connectivity index is 2.37. The van der Waals surface area contributed by atoms with E-state index in [1.807, 2.05) is 18.2 Å². The van der Waals surface area contributed by atoms with Crippen molar-refractivity contribution in [2.45, 2.75) is 13.8 Å². The van der Waals surface area contributed by atoms with Gasteiger partial charge in [0, 0.05) is 22.5 Å². The van der Waals surface area contributed by atoms with Gasteiger partial charge in [0.05, 0.1) is 11.0 Å². The summed E-state index contributed by atoms with van der Waals surface area (Å²) in [6, 6.07) is 7.35. The number of alkyl halides is 1. The molecule has 0 aromatic heterocycles. The van der Waals surface area contributed by atoms with E-state index in [2.05, 4.69) is 33.2 Å². The maximum atomic E-state index is 11.9. The van der Waals surface area contributed by atoms with Crippen molar-refractivity contribution < 1.29 is 9.59 Å². The standard InChI is InChI=1S/C14H18ClIN2O2/c1-14(2,9-15)13(20)18-8-7-17-12(19)10-5-3-4-6-11(10)16/h3-6H,7-9H2,1-2H3,(H,17,19)(H,18,20). The van der Waals surface area contributed by atoms with E-state index in [4.69, 9.17) is 11.6 Å². The average Bonchev–Trinajstić information content (AvgIpc) is 2.43. The van der Waals surface area contributed by atoms with Crippen molar-refractivity contribution in [3.8, 4) is 0 Å². The molecule has 0 saturated heterocycles. The zero-order valence-corrected chi connectivity index (χ0v) is 14.4. The van der Waals surface area contributed by atoms with Crippen LogP contribution in [0.4, 0.5) is 0 Å². The van der Waals surface area contributed by atoms with Gasteiger partial charge in [-0.15, -0.1) is 11.6 Å². The summed E-state index contributed by atoms with van der Waals surface area (Å²) >= 11 is 7.83. The van der Waals surface area contributed by atoms with Crippen LogP contribution < -0.4 is 10.6 Å². The normalized spacial score (nSPS) is 11.0. The third-order valence-corrected chi connectivity index (χ3v) is 4.37. The zero-order valence-electron chi connectivity index (χ0n) is 11.5. The summed E-state index contributed by atoms with van der Waals surface area (Å²) in [5, 5.41) is 5.53. The molecule has 0 aliphatic carbocycles. The van der Waals surface area contributed by atoms with Gasteiger partial charge in [0.1, 0.15) is 0 Å². The van der Waals surface area contributed by atoms with Gasteiger partial charge < -0.3 is 10.6 Å². The molecule has 0 aliphatic heterocycles. The first-order valence-electron chi connectivity index (χ1n) is 6.25. The van der Waals surface area contributed by atoms with Crippen LogP contribution in [0.3, 0.4) is 0 Å². The minimum Gasteiger partial charge on any atom is -0.354 e. The Labute approximate surface area is 137 Å². The SMILES string of the molecule is CC(C)(CCl)C(=O)NCCNC(=O)c1ccccc1I. The Hall–Kier alpha value is -0.820. The molecule has 0 fully saturated rings. The van der Waals surface area contributed by atoms with Crippen LogP contribution in [-0.4, -0.2) is 30.8 Å². The molecule has 2 N–H and O–H groups in total. The number of hydrogen-bond donors (Lipinski definition) is 2. The molecule has 1 aromatic rings. The van der Waals surface area contributed by atoms with E-state index in [1.54, 1.807) is 19.9 Å². The van der Waals surface area contributed by atoms with Crippen LogP contribution in [0.25, 0.3) is 0 Å². The molecule has 0 bridgehead atoms. The van der Waals surface area contributed by atoms with E-state index in [-0.39, 0.29) is 17.7 Å². The van der Waals surface area contributed by atoms with Crippen molar-refractivity contribution in [3.63, 3.8) is 0 Å². The highest BCUT2D eigenvalue weighted by molar-refractivity contribution is 14.1. The number of carbonyl (C=O) groups is 2. The summed E-state index contributed by atoms with van der Waals surface area (Å²) in [6.45, 7) is 4.32. The lowest BCUT2D eigenvalue weighted by Gasteiger charge is -2.20. The van der Waals surface area contributed by atoms with Gasteiger partial charge in [0.2, 0.25) is 5.91 Å². The fraction of sp³-hybridized carbons (Fsp3) is 0.429. The van der Waals surface area contributed by atoms with Crippen LogP contribution in [0.2, 0.25) is 0 Å². The molecule has 0 heterocycles. The van der Waals surface area contributed by atoms with Crippen LogP contribution in [0, 0.1) is 8.99 Å². The predicted molar refractivity (Wildman–Crippen MR) is 89.0 cm³/mol. The van der Waals surface area contributed by atoms with Crippen LogP contribution in [0.15, 0.2) is 24.3 Å². The van der Waals surface area contributed by atoms with Crippen LogP contribution in [-0.2, 0) is 4.79 Å². The molecule has 110 valence electrons. The smallest absolute Gasteiger partial charge is 0.252 e. The molecular weight excluding hydrogens is 391 g/mol. The minimum atomic E-state index is -0.597. The lowest BCUT2D eigenvalue weighted by atomic mass is 9.95. The molecule has 0 aliphatic rings. The summed E-state index contributed by atoms with van der Waals surface area (Å²) in [7, 11) is 0. The Bertz CT molecular complexity index is 492. The quantitative estimate of drug-likeness (QED) is 0.431. The van der Waals surface area contributed by atoms with Crippen LogP contribution >= 0.6 is 34.2 Å². The molecule has 0 unspecified atom stereocenters. The Kier molecular flexibility index (Phi) is 6.75. The van der Waals surface area contributed by atoms with Gasteiger partial charge in [-0.1, -0.05) is 12.1 Å². The van der Waals surface area contributed by atoms with Gasteiger partial charge in [0.15, 0.2) is 0 Å². The van der Waals surface area contributed by atoms with E-state index >= 15 is 0 Å². The van der Waals surface area contributed by atoms with Gasteiger partial charge in [0.25, 0.3) is 5.91 Å². The summed E-state index contributed by atoms with van der Waals surface area (Å²) in [5.41, 5.74) is 0.0425. The molecule has 1 rings (SSSR count). The van der Waals surface area contributed by atoms with Crippen molar-refractivity contribution in [1.29, 1.82) is 0 Å². The molecule has 20 heavy (non-hydrogen) atoms. The molecule has 2 amide bonds. The summed E-state index contributed by atoms with van der Waals surface area (Å²) in [5.74, 6) is 0.00447. The highest BCUT2D eigenvalue weighted by Crippen LogP contribution is 2.16.